The van der Waals surface area contributed by atoms with Gasteiger partial charge in [0.05, 0.1) is 13.2 Å². The second-order valence-corrected chi connectivity index (χ2v) is 5.15. The zero-order chi connectivity index (χ0) is 10.7. The molecule has 1 saturated heterocycles. The van der Waals surface area contributed by atoms with Gasteiger partial charge in [0.1, 0.15) is 0 Å². The summed E-state index contributed by atoms with van der Waals surface area (Å²) in [7, 11) is 0. The van der Waals surface area contributed by atoms with Crippen molar-refractivity contribution in [3.8, 4) is 0 Å². The van der Waals surface area contributed by atoms with Crippen LogP contribution in [-0.4, -0.2) is 31.2 Å². The maximum absolute atomic E-state index is 5.35. The first-order valence-electron chi connectivity index (χ1n) is 5.31. The lowest BCUT2D eigenvalue weighted by Crippen LogP contribution is -2.35. The molecule has 0 aromatic heterocycles. The molecule has 1 aliphatic heterocycles. The van der Waals surface area contributed by atoms with Crippen molar-refractivity contribution in [2.24, 2.45) is 0 Å². The van der Waals surface area contributed by atoms with Crippen LogP contribution < -0.4 is 0 Å². The molecular weight excluding hydrogens is 301 g/mol. The quantitative estimate of drug-likeness (QED) is 0.777. The Morgan fingerprint density at radius 2 is 2.07 bits per heavy atom. The molecule has 2 nitrogen and oxygen atoms in total. The predicted molar refractivity (Wildman–Crippen MR) is 70.0 cm³/mol. The van der Waals surface area contributed by atoms with Crippen LogP contribution >= 0.6 is 22.6 Å². The molecule has 82 valence electrons. The van der Waals surface area contributed by atoms with Gasteiger partial charge in [-0.2, -0.15) is 0 Å². The van der Waals surface area contributed by atoms with Gasteiger partial charge in [0, 0.05) is 23.2 Å². The minimum absolute atomic E-state index is 0.877. The van der Waals surface area contributed by atoms with Crippen molar-refractivity contribution in [3.63, 3.8) is 0 Å². The van der Waals surface area contributed by atoms with Crippen molar-refractivity contribution in [3.05, 3.63) is 32.9 Å². The minimum Gasteiger partial charge on any atom is -0.379 e. The summed E-state index contributed by atoms with van der Waals surface area (Å²) in [6, 6.07) is 6.66. The molecule has 1 heterocycles. The Kier molecular flexibility index (Phi) is 3.99. The average Bonchev–Trinajstić information content (AvgIpc) is 2.25. The average molecular weight is 317 g/mol. The molecule has 1 aromatic rings. The summed E-state index contributed by atoms with van der Waals surface area (Å²) in [5.41, 5.74) is 2.79. The lowest BCUT2D eigenvalue weighted by atomic mass is 10.1. The lowest BCUT2D eigenvalue weighted by molar-refractivity contribution is 0.0341. The van der Waals surface area contributed by atoms with E-state index in [0.29, 0.717) is 0 Å². The number of benzene rings is 1. The number of halogens is 1. The Bertz CT molecular complexity index is 334. The van der Waals surface area contributed by atoms with Crippen molar-refractivity contribution >= 4 is 22.6 Å². The smallest absolute Gasteiger partial charge is 0.0594 e. The van der Waals surface area contributed by atoms with Crippen LogP contribution in [0.5, 0.6) is 0 Å². The van der Waals surface area contributed by atoms with E-state index in [2.05, 4.69) is 52.6 Å². The minimum atomic E-state index is 0.877. The van der Waals surface area contributed by atoms with E-state index in [1.165, 1.54) is 14.7 Å². The molecule has 1 aliphatic rings. The summed E-state index contributed by atoms with van der Waals surface area (Å²) in [4.78, 5) is 2.46. The molecule has 0 unspecified atom stereocenters. The maximum Gasteiger partial charge on any atom is 0.0594 e. The Morgan fingerprint density at radius 1 is 1.33 bits per heavy atom. The van der Waals surface area contributed by atoms with E-state index in [1.54, 1.807) is 0 Å². The van der Waals surface area contributed by atoms with Crippen molar-refractivity contribution in [1.29, 1.82) is 0 Å². The third kappa shape index (κ3) is 3.16. The SMILES string of the molecule is Cc1ccc(I)c(CN2CCOCC2)c1. The maximum atomic E-state index is 5.35. The molecule has 0 radical (unpaired) electrons. The molecule has 0 spiro atoms. The van der Waals surface area contributed by atoms with Crippen molar-refractivity contribution in [2.45, 2.75) is 13.5 Å². The molecule has 1 aromatic carbocycles. The summed E-state index contributed by atoms with van der Waals surface area (Å²) in [6.45, 7) is 7.08. The Morgan fingerprint density at radius 3 is 2.80 bits per heavy atom. The fraction of sp³-hybridized carbons (Fsp3) is 0.500. The van der Waals surface area contributed by atoms with Gasteiger partial charge >= 0.3 is 0 Å². The highest BCUT2D eigenvalue weighted by Gasteiger charge is 2.11. The van der Waals surface area contributed by atoms with Gasteiger partial charge in [-0.05, 0) is 41.1 Å². The van der Waals surface area contributed by atoms with Crippen LogP contribution in [0, 0.1) is 10.5 Å². The first kappa shape index (κ1) is 11.4. The van der Waals surface area contributed by atoms with E-state index in [0.717, 1.165) is 32.8 Å². The highest BCUT2D eigenvalue weighted by molar-refractivity contribution is 14.1. The topological polar surface area (TPSA) is 12.5 Å². The van der Waals surface area contributed by atoms with E-state index in [1.807, 2.05) is 0 Å². The fourth-order valence-corrected chi connectivity index (χ4v) is 2.33. The van der Waals surface area contributed by atoms with Crippen LogP contribution in [0.3, 0.4) is 0 Å². The monoisotopic (exact) mass is 317 g/mol. The van der Waals surface area contributed by atoms with Crippen LogP contribution in [-0.2, 0) is 11.3 Å². The van der Waals surface area contributed by atoms with Crippen LogP contribution in [0.1, 0.15) is 11.1 Å². The molecule has 0 saturated carbocycles. The number of rotatable bonds is 2. The molecule has 0 amide bonds. The number of ether oxygens (including phenoxy) is 1. The van der Waals surface area contributed by atoms with Crippen LogP contribution in [0.15, 0.2) is 18.2 Å². The first-order valence-corrected chi connectivity index (χ1v) is 6.39. The molecule has 2 rings (SSSR count). The van der Waals surface area contributed by atoms with E-state index >= 15 is 0 Å². The summed E-state index contributed by atoms with van der Waals surface area (Å²) in [5, 5.41) is 0. The normalized spacial score (nSPS) is 18.0. The number of hydrogen-bond acceptors (Lipinski definition) is 2. The summed E-state index contributed by atoms with van der Waals surface area (Å²) in [6.07, 6.45) is 0. The van der Waals surface area contributed by atoms with Gasteiger partial charge in [-0.3, -0.25) is 4.90 Å². The largest absolute Gasteiger partial charge is 0.379 e. The van der Waals surface area contributed by atoms with E-state index in [-0.39, 0.29) is 0 Å². The molecule has 1 fully saturated rings. The summed E-state index contributed by atoms with van der Waals surface area (Å²) in [5.74, 6) is 0. The highest BCUT2D eigenvalue weighted by atomic mass is 127. The summed E-state index contributed by atoms with van der Waals surface area (Å²) >= 11 is 2.42. The molecule has 3 heteroatoms. The number of nitrogens with zero attached hydrogens (tertiary/aromatic N) is 1. The number of morpholine rings is 1. The van der Waals surface area contributed by atoms with Gasteiger partial charge < -0.3 is 4.74 Å². The van der Waals surface area contributed by atoms with Gasteiger partial charge in [0.25, 0.3) is 0 Å². The third-order valence-electron chi connectivity index (χ3n) is 2.70. The van der Waals surface area contributed by atoms with Crippen molar-refractivity contribution < 1.29 is 4.74 Å². The van der Waals surface area contributed by atoms with Gasteiger partial charge in [0.15, 0.2) is 0 Å². The van der Waals surface area contributed by atoms with E-state index in [9.17, 15) is 0 Å². The predicted octanol–water partition coefficient (Wildman–Crippen LogP) is 2.43. The Balaban J connectivity index is 2.05. The van der Waals surface area contributed by atoms with Gasteiger partial charge in [-0.15, -0.1) is 0 Å². The van der Waals surface area contributed by atoms with Gasteiger partial charge in [-0.25, -0.2) is 0 Å². The second kappa shape index (κ2) is 5.27. The molecule has 0 N–H and O–H groups in total. The van der Waals surface area contributed by atoms with Crippen molar-refractivity contribution in [2.75, 3.05) is 26.3 Å². The van der Waals surface area contributed by atoms with Crippen LogP contribution in [0.2, 0.25) is 0 Å². The van der Waals surface area contributed by atoms with Crippen LogP contribution in [0.4, 0.5) is 0 Å². The second-order valence-electron chi connectivity index (χ2n) is 3.98. The van der Waals surface area contributed by atoms with Crippen molar-refractivity contribution in [1.82, 2.24) is 4.90 Å². The van der Waals surface area contributed by atoms with Gasteiger partial charge in [0.2, 0.25) is 0 Å². The van der Waals surface area contributed by atoms with E-state index < -0.39 is 0 Å². The number of hydrogen-bond donors (Lipinski definition) is 0. The highest BCUT2D eigenvalue weighted by Crippen LogP contribution is 2.16. The zero-order valence-corrected chi connectivity index (χ0v) is 11.2. The Labute approximate surface area is 105 Å². The fourth-order valence-electron chi connectivity index (χ4n) is 1.82. The lowest BCUT2D eigenvalue weighted by Gasteiger charge is -2.27. The first-order chi connectivity index (χ1) is 7.25. The zero-order valence-electron chi connectivity index (χ0n) is 9.00. The number of aryl methyl sites for hydroxylation is 1. The molecular formula is C12H16INO. The summed E-state index contributed by atoms with van der Waals surface area (Å²) < 4.78 is 6.71. The van der Waals surface area contributed by atoms with Gasteiger partial charge in [-0.1, -0.05) is 17.7 Å². The molecule has 0 atom stereocenters. The molecule has 0 bridgehead atoms. The van der Waals surface area contributed by atoms with Crippen LogP contribution in [0.25, 0.3) is 0 Å². The third-order valence-corrected chi connectivity index (χ3v) is 3.75. The molecule has 15 heavy (non-hydrogen) atoms. The Hall–Kier alpha value is -0.130. The standard InChI is InChI=1S/C12H16INO/c1-10-2-3-12(13)11(8-10)9-14-4-6-15-7-5-14/h2-3,8H,4-7,9H2,1H3. The molecule has 0 aliphatic carbocycles. The van der Waals surface area contributed by atoms with E-state index in [4.69, 9.17) is 4.74 Å².